The highest BCUT2D eigenvalue weighted by atomic mass is 16.5. The number of likely N-dealkylation sites (tertiary alicyclic amines) is 2. The first-order valence-corrected chi connectivity index (χ1v) is 10.8. The normalized spacial score (nSPS) is 18.2. The number of hydrogen-bond donors (Lipinski definition) is 0. The standard InChI is InChI=1S/C23H26N4O3/c28-23(20-9-8-19(29-20)16-26-12-4-5-13-26)27-14-10-18(11-15-27)22-24-21(25-30-22)17-6-2-1-3-7-17/h1-3,6-9,18H,4-5,10-16H2. The Labute approximate surface area is 175 Å². The number of carbonyl (C=O) groups excluding carboxylic acids is 1. The summed E-state index contributed by atoms with van der Waals surface area (Å²) in [6, 6.07) is 13.6. The van der Waals surface area contributed by atoms with Gasteiger partial charge in [-0.3, -0.25) is 9.69 Å². The van der Waals surface area contributed by atoms with Crippen LogP contribution < -0.4 is 0 Å². The summed E-state index contributed by atoms with van der Waals surface area (Å²) in [6.07, 6.45) is 4.11. The van der Waals surface area contributed by atoms with Crippen molar-refractivity contribution in [3.8, 4) is 11.4 Å². The van der Waals surface area contributed by atoms with Crippen LogP contribution in [0, 0.1) is 0 Å². The molecule has 0 saturated carbocycles. The van der Waals surface area contributed by atoms with E-state index in [1.54, 1.807) is 0 Å². The maximum atomic E-state index is 12.8. The molecule has 0 N–H and O–H groups in total. The number of rotatable bonds is 5. The van der Waals surface area contributed by atoms with Gasteiger partial charge in [0.15, 0.2) is 5.76 Å². The summed E-state index contributed by atoms with van der Waals surface area (Å²) >= 11 is 0. The van der Waals surface area contributed by atoms with Gasteiger partial charge in [0, 0.05) is 24.6 Å². The molecule has 0 atom stereocenters. The molecule has 0 aliphatic carbocycles. The summed E-state index contributed by atoms with van der Waals surface area (Å²) < 4.78 is 11.4. The van der Waals surface area contributed by atoms with Crippen LogP contribution in [0.5, 0.6) is 0 Å². The zero-order chi connectivity index (χ0) is 20.3. The molecule has 7 nitrogen and oxygen atoms in total. The molecule has 5 rings (SSSR count). The van der Waals surface area contributed by atoms with E-state index in [1.807, 2.05) is 47.4 Å². The average Bonchev–Trinajstić information content (AvgIpc) is 3.57. The van der Waals surface area contributed by atoms with E-state index in [-0.39, 0.29) is 11.8 Å². The molecular weight excluding hydrogens is 380 g/mol. The second kappa shape index (κ2) is 8.44. The molecule has 4 heterocycles. The van der Waals surface area contributed by atoms with Crippen LogP contribution in [-0.4, -0.2) is 52.0 Å². The van der Waals surface area contributed by atoms with Gasteiger partial charge in [0.1, 0.15) is 5.76 Å². The van der Waals surface area contributed by atoms with Crippen molar-refractivity contribution in [1.29, 1.82) is 0 Å². The fourth-order valence-corrected chi connectivity index (χ4v) is 4.33. The number of piperidine rings is 1. The minimum atomic E-state index is -0.0309. The highest BCUT2D eigenvalue weighted by molar-refractivity contribution is 5.91. The molecule has 2 saturated heterocycles. The summed E-state index contributed by atoms with van der Waals surface area (Å²) in [4.78, 5) is 21.7. The Balaban J connectivity index is 1.17. The third kappa shape index (κ3) is 4.03. The van der Waals surface area contributed by atoms with Gasteiger partial charge in [-0.15, -0.1) is 0 Å². The van der Waals surface area contributed by atoms with Gasteiger partial charge >= 0.3 is 0 Å². The molecule has 2 aliphatic rings. The van der Waals surface area contributed by atoms with Gasteiger partial charge in [-0.25, -0.2) is 0 Å². The van der Waals surface area contributed by atoms with Gasteiger partial charge < -0.3 is 13.8 Å². The van der Waals surface area contributed by atoms with Gasteiger partial charge in [-0.1, -0.05) is 35.5 Å². The van der Waals surface area contributed by atoms with E-state index in [9.17, 15) is 4.79 Å². The van der Waals surface area contributed by atoms with Crippen molar-refractivity contribution in [1.82, 2.24) is 19.9 Å². The summed E-state index contributed by atoms with van der Waals surface area (Å²) in [5.74, 6) is 2.73. The molecule has 2 aromatic heterocycles. The van der Waals surface area contributed by atoms with E-state index in [2.05, 4.69) is 15.0 Å². The molecule has 0 unspecified atom stereocenters. The first-order valence-electron chi connectivity index (χ1n) is 10.8. The van der Waals surface area contributed by atoms with Crippen LogP contribution >= 0.6 is 0 Å². The predicted octanol–water partition coefficient (Wildman–Crippen LogP) is 3.95. The van der Waals surface area contributed by atoms with Crippen molar-refractivity contribution < 1.29 is 13.7 Å². The van der Waals surface area contributed by atoms with Crippen LogP contribution in [0.4, 0.5) is 0 Å². The number of hydrogen-bond acceptors (Lipinski definition) is 6. The quantitative estimate of drug-likeness (QED) is 0.639. The molecule has 0 radical (unpaired) electrons. The number of nitrogens with zero attached hydrogens (tertiary/aromatic N) is 4. The van der Waals surface area contributed by atoms with Crippen LogP contribution in [0.1, 0.15) is 53.8 Å². The maximum absolute atomic E-state index is 12.8. The van der Waals surface area contributed by atoms with Crippen molar-refractivity contribution in [2.24, 2.45) is 0 Å². The Kier molecular flexibility index (Phi) is 5.36. The van der Waals surface area contributed by atoms with Gasteiger partial charge in [-0.05, 0) is 50.9 Å². The van der Waals surface area contributed by atoms with Crippen molar-refractivity contribution in [2.75, 3.05) is 26.2 Å². The van der Waals surface area contributed by atoms with Crippen LogP contribution in [0.15, 0.2) is 51.4 Å². The first-order chi connectivity index (χ1) is 14.8. The van der Waals surface area contributed by atoms with Crippen LogP contribution in [0.3, 0.4) is 0 Å². The number of amides is 1. The van der Waals surface area contributed by atoms with Crippen LogP contribution in [-0.2, 0) is 6.54 Å². The number of benzene rings is 1. The average molecular weight is 406 g/mol. The van der Waals surface area contributed by atoms with Crippen molar-refractivity contribution in [3.05, 3.63) is 59.9 Å². The van der Waals surface area contributed by atoms with Gasteiger partial charge in [0.25, 0.3) is 5.91 Å². The highest BCUT2D eigenvalue weighted by Gasteiger charge is 2.29. The molecule has 2 aliphatic heterocycles. The molecule has 7 heteroatoms. The van der Waals surface area contributed by atoms with E-state index in [1.165, 1.54) is 12.8 Å². The zero-order valence-corrected chi connectivity index (χ0v) is 17.0. The van der Waals surface area contributed by atoms with E-state index < -0.39 is 0 Å². The summed E-state index contributed by atoms with van der Waals surface area (Å²) in [7, 11) is 0. The molecule has 1 aromatic carbocycles. The Morgan fingerprint density at radius 2 is 1.77 bits per heavy atom. The van der Waals surface area contributed by atoms with E-state index >= 15 is 0 Å². The fraction of sp³-hybridized carbons (Fsp3) is 0.435. The third-order valence-electron chi connectivity index (χ3n) is 6.06. The Bertz CT molecular complexity index is 983. The smallest absolute Gasteiger partial charge is 0.289 e. The molecule has 2 fully saturated rings. The highest BCUT2D eigenvalue weighted by Crippen LogP contribution is 2.29. The fourth-order valence-electron chi connectivity index (χ4n) is 4.33. The summed E-state index contributed by atoms with van der Waals surface area (Å²) in [6.45, 7) is 4.33. The predicted molar refractivity (Wildman–Crippen MR) is 111 cm³/mol. The number of furan rings is 1. The Morgan fingerprint density at radius 3 is 2.53 bits per heavy atom. The van der Waals surface area contributed by atoms with Gasteiger partial charge in [0.05, 0.1) is 6.54 Å². The SMILES string of the molecule is O=C(c1ccc(CN2CCCC2)o1)N1CCC(c2nc(-c3ccccc3)no2)CC1. The lowest BCUT2D eigenvalue weighted by Gasteiger charge is -2.29. The van der Waals surface area contributed by atoms with Crippen LogP contribution in [0.25, 0.3) is 11.4 Å². The zero-order valence-electron chi connectivity index (χ0n) is 17.0. The third-order valence-corrected chi connectivity index (χ3v) is 6.06. The molecule has 1 amide bonds. The largest absolute Gasteiger partial charge is 0.455 e. The van der Waals surface area contributed by atoms with Crippen molar-refractivity contribution in [2.45, 2.75) is 38.1 Å². The van der Waals surface area contributed by atoms with Crippen molar-refractivity contribution in [3.63, 3.8) is 0 Å². The maximum Gasteiger partial charge on any atom is 0.289 e. The second-order valence-electron chi connectivity index (χ2n) is 8.14. The molecule has 3 aromatic rings. The topological polar surface area (TPSA) is 75.6 Å². The van der Waals surface area contributed by atoms with Crippen molar-refractivity contribution >= 4 is 5.91 Å². The summed E-state index contributed by atoms with van der Waals surface area (Å²) in [5, 5.41) is 4.12. The molecular formula is C23H26N4O3. The van der Waals surface area contributed by atoms with Gasteiger partial charge in [-0.2, -0.15) is 4.98 Å². The van der Waals surface area contributed by atoms with E-state index in [0.29, 0.717) is 30.6 Å². The lowest BCUT2D eigenvalue weighted by atomic mass is 9.96. The lowest BCUT2D eigenvalue weighted by Crippen LogP contribution is -2.37. The number of carbonyl (C=O) groups is 1. The molecule has 0 spiro atoms. The minimum absolute atomic E-state index is 0.0309. The van der Waals surface area contributed by atoms with Gasteiger partial charge in [0.2, 0.25) is 11.7 Å². The first kappa shape index (κ1) is 19.1. The Hall–Kier alpha value is -2.93. The van der Waals surface area contributed by atoms with E-state index in [4.69, 9.17) is 8.94 Å². The molecule has 156 valence electrons. The number of aromatic nitrogens is 2. The molecule has 0 bridgehead atoms. The lowest BCUT2D eigenvalue weighted by molar-refractivity contribution is 0.0669. The monoisotopic (exact) mass is 406 g/mol. The van der Waals surface area contributed by atoms with E-state index in [0.717, 1.165) is 43.8 Å². The Morgan fingerprint density at radius 1 is 1.00 bits per heavy atom. The van der Waals surface area contributed by atoms with Crippen LogP contribution in [0.2, 0.25) is 0 Å². The summed E-state index contributed by atoms with van der Waals surface area (Å²) in [5.41, 5.74) is 0.947. The molecule has 30 heavy (non-hydrogen) atoms. The second-order valence-corrected chi connectivity index (χ2v) is 8.14. The minimum Gasteiger partial charge on any atom is -0.455 e.